The highest BCUT2D eigenvalue weighted by atomic mass is 28.3. The maximum atomic E-state index is 10.6. The van der Waals surface area contributed by atoms with E-state index in [2.05, 4.69) is 85.0 Å². The molecule has 3 heteroatoms. The number of phenols is 1. The molecule has 0 fully saturated rings. The Bertz CT molecular complexity index is 750. The minimum Gasteiger partial charge on any atom is -0.508 e. The quantitative estimate of drug-likeness (QED) is 0.718. The van der Waals surface area contributed by atoms with Crippen molar-refractivity contribution in [2.45, 2.75) is 65.5 Å². The molecule has 0 aliphatic carbocycles. The summed E-state index contributed by atoms with van der Waals surface area (Å²) in [5.41, 5.74) is 1.76. The molecule has 0 radical (unpaired) electrons. The normalized spacial score (nSPS) is 12.9. The van der Waals surface area contributed by atoms with Crippen molar-refractivity contribution in [2.24, 2.45) is 0 Å². The SMILES string of the molecule is CC(C)(C)c1cc(OC[Si](C)(C)c2ccccc2)c(C(C)(C)C)cc1O. The number of hydrogen-bond donors (Lipinski definition) is 1. The van der Waals surface area contributed by atoms with Crippen LogP contribution in [0.5, 0.6) is 11.5 Å². The number of ether oxygens (including phenoxy) is 1. The van der Waals surface area contributed by atoms with Crippen LogP contribution in [0.25, 0.3) is 0 Å². The molecule has 2 aromatic carbocycles. The van der Waals surface area contributed by atoms with Crippen LogP contribution in [0.2, 0.25) is 13.1 Å². The molecule has 0 saturated heterocycles. The standard InChI is InChI=1S/C23H34O2Si/c1-22(2,3)18-15-21(19(14-20(18)24)23(4,5)6)25-16-26(7,8)17-12-10-9-11-13-17/h9-15,24H,16H2,1-8H3. The third-order valence-corrected chi connectivity index (χ3v) is 7.62. The van der Waals surface area contributed by atoms with Crippen molar-refractivity contribution in [1.82, 2.24) is 0 Å². The maximum absolute atomic E-state index is 10.6. The molecule has 0 aromatic heterocycles. The van der Waals surface area contributed by atoms with Gasteiger partial charge in [-0.3, -0.25) is 0 Å². The summed E-state index contributed by atoms with van der Waals surface area (Å²) >= 11 is 0. The fourth-order valence-electron chi connectivity index (χ4n) is 3.11. The highest BCUT2D eigenvalue weighted by Crippen LogP contribution is 2.40. The summed E-state index contributed by atoms with van der Waals surface area (Å²) in [6, 6.07) is 14.6. The Balaban J connectivity index is 2.41. The van der Waals surface area contributed by atoms with E-state index >= 15 is 0 Å². The highest BCUT2D eigenvalue weighted by Gasteiger charge is 2.29. The van der Waals surface area contributed by atoms with Crippen LogP contribution >= 0.6 is 0 Å². The number of aromatic hydroxyl groups is 1. The van der Waals surface area contributed by atoms with Gasteiger partial charge in [0, 0.05) is 11.1 Å². The molecule has 0 saturated carbocycles. The van der Waals surface area contributed by atoms with Gasteiger partial charge in [0.05, 0.1) is 6.23 Å². The summed E-state index contributed by atoms with van der Waals surface area (Å²) in [7, 11) is -1.71. The second-order valence-electron chi connectivity index (χ2n) is 9.90. The van der Waals surface area contributed by atoms with Crippen molar-refractivity contribution in [1.29, 1.82) is 0 Å². The van der Waals surface area contributed by atoms with Crippen molar-refractivity contribution >= 4 is 13.3 Å². The second kappa shape index (κ2) is 7.11. The molecule has 0 aliphatic heterocycles. The molecular formula is C23H34O2Si. The molecule has 0 aliphatic rings. The third-order valence-electron chi connectivity index (χ3n) is 4.86. The van der Waals surface area contributed by atoms with Crippen LogP contribution < -0.4 is 9.92 Å². The molecule has 26 heavy (non-hydrogen) atoms. The van der Waals surface area contributed by atoms with E-state index in [0.717, 1.165) is 16.9 Å². The Morgan fingerprint density at radius 1 is 0.846 bits per heavy atom. The van der Waals surface area contributed by atoms with E-state index in [1.54, 1.807) is 0 Å². The van der Waals surface area contributed by atoms with Gasteiger partial charge in [-0.15, -0.1) is 0 Å². The Hall–Kier alpha value is -1.74. The van der Waals surface area contributed by atoms with Gasteiger partial charge in [-0.05, 0) is 23.0 Å². The summed E-state index contributed by atoms with van der Waals surface area (Å²) in [6.45, 7) is 17.5. The van der Waals surface area contributed by atoms with Gasteiger partial charge in [0.15, 0.2) is 0 Å². The molecule has 0 amide bonds. The molecule has 2 nitrogen and oxygen atoms in total. The summed E-state index contributed by atoms with van der Waals surface area (Å²) < 4.78 is 6.42. The summed E-state index contributed by atoms with van der Waals surface area (Å²) in [5, 5.41) is 12.0. The van der Waals surface area contributed by atoms with E-state index in [9.17, 15) is 5.11 Å². The molecule has 2 rings (SSSR count). The van der Waals surface area contributed by atoms with Gasteiger partial charge in [0.1, 0.15) is 19.6 Å². The van der Waals surface area contributed by atoms with Crippen LogP contribution in [0.1, 0.15) is 52.7 Å². The topological polar surface area (TPSA) is 29.5 Å². The van der Waals surface area contributed by atoms with Crippen molar-refractivity contribution in [3.63, 3.8) is 0 Å². The molecule has 1 N–H and O–H groups in total. The van der Waals surface area contributed by atoms with Gasteiger partial charge < -0.3 is 9.84 Å². The first kappa shape index (κ1) is 20.6. The number of phenolic OH excluding ortho intramolecular Hbond substituents is 1. The minimum atomic E-state index is -1.71. The van der Waals surface area contributed by atoms with E-state index in [0.29, 0.717) is 12.0 Å². The van der Waals surface area contributed by atoms with Crippen LogP contribution in [0, 0.1) is 0 Å². The molecule has 2 aromatic rings. The Morgan fingerprint density at radius 2 is 1.38 bits per heavy atom. The molecular weight excluding hydrogens is 336 g/mol. The number of hydrogen-bond acceptors (Lipinski definition) is 2. The van der Waals surface area contributed by atoms with E-state index in [1.807, 2.05) is 12.1 Å². The molecule has 0 atom stereocenters. The fraction of sp³-hybridized carbons (Fsp3) is 0.478. The lowest BCUT2D eigenvalue weighted by Gasteiger charge is -2.30. The van der Waals surface area contributed by atoms with Crippen LogP contribution in [-0.2, 0) is 10.8 Å². The average molecular weight is 371 g/mol. The van der Waals surface area contributed by atoms with E-state index in [4.69, 9.17) is 4.74 Å². The Labute approximate surface area is 160 Å². The zero-order valence-corrected chi connectivity index (χ0v) is 18.6. The summed E-state index contributed by atoms with van der Waals surface area (Å²) in [6.07, 6.45) is 0.717. The molecule has 0 bridgehead atoms. The van der Waals surface area contributed by atoms with Crippen molar-refractivity contribution in [2.75, 3.05) is 6.23 Å². The Morgan fingerprint density at radius 3 is 1.88 bits per heavy atom. The first-order chi connectivity index (χ1) is 11.8. The van der Waals surface area contributed by atoms with Gasteiger partial charge in [-0.2, -0.15) is 0 Å². The van der Waals surface area contributed by atoms with Gasteiger partial charge in [0.2, 0.25) is 0 Å². The molecule has 0 heterocycles. The lowest BCUT2D eigenvalue weighted by Crippen LogP contribution is -2.47. The van der Waals surface area contributed by atoms with Crippen molar-refractivity contribution in [3.8, 4) is 11.5 Å². The third kappa shape index (κ3) is 4.70. The zero-order valence-electron chi connectivity index (χ0n) is 17.6. The Kier molecular flexibility index (Phi) is 5.62. The zero-order chi connectivity index (χ0) is 19.8. The van der Waals surface area contributed by atoms with Gasteiger partial charge in [-0.25, -0.2) is 0 Å². The van der Waals surface area contributed by atoms with Gasteiger partial charge >= 0.3 is 0 Å². The first-order valence-corrected chi connectivity index (χ1v) is 12.6. The lowest BCUT2D eigenvalue weighted by atomic mass is 9.81. The molecule has 142 valence electrons. The summed E-state index contributed by atoms with van der Waals surface area (Å²) in [5.74, 6) is 1.26. The minimum absolute atomic E-state index is 0.0956. The van der Waals surface area contributed by atoms with E-state index in [-0.39, 0.29) is 10.8 Å². The molecule has 0 spiro atoms. The van der Waals surface area contributed by atoms with E-state index in [1.165, 1.54) is 5.19 Å². The van der Waals surface area contributed by atoms with Crippen molar-refractivity contribution in [3.05, 3.63) is 53.6 Å². The van der Waals surface area contributed by atoms with Gasteiger partial charge in [0.25, 0.3) is 0 Å². The largest absolute Gasteiger partial charge is 0.508 e. The van der Waals surface area contributed by atoms with Crippen LogP contribution in [0.15, 0.2) is 42.5 Å². The second-order valence-corrected chi connectivity index (χ2v) is 14.5. The predicted octanol–water partition coefficient (Wildman–Crippen LogP) is 5.52. The number of rotatable bonds is 4. The lowest BCUT2D eigenvalue weighted by molar-refractivity contribution is 0.360. The molecule has 0 unspecified atom stereocenters. The highest BCUT2D eigenvalue weighted by molar-refractivity contribution is 6.89. The smallest absolute Gasteiger partial charge is 0.124 e. The predicted molar refractivity (Wildman–Crippen MR) is 115 cm³/mol. The van der Waals surface area contributed by atoms with Gasteiger partial charge in [-0.1, -0.05) is 90.2 Å². The fourth-order valence-corrected chi connectivity index (χ4v) is 4.88. The number of benzene rings is 2. The van der Waals surface area contributed by atoms with Crippen LogP contribution in [0.3, 0.4) is 0 Å². The van der Waals surface area contributed by atoms with Crippen LogP contribution in [0.4, 0.5) is 0 Å². The maximum Gasteiger partial charge on any atom is 0.124 e. The van der Waals surface area contributed by atoms with Crippen LogP contribution in [-0.4, -0.2) is 19.4 Å². The first-order valence-electron chi connectivity index (χ1n) is 9.39. The summed E-state index contributed by atoms with van der Waals surface area (Å²) in [4.78, 5) is 0. The monoisotopic (exact) mass is 370 g/mol. The van der Waals surface area contributed by atoms with E-state index < -0.39 is 8.07 Å². The van der Waals surface area contributed by atoms with Crippen molar-refractivity contribution < 1.29 is 9.84 Å². The average Bonchev–Trinajstić information content (AvgIpc) is 2.52.